The average molecular weight is 324 g/mol. The zero-order valence-electron chi connectivity index (χ0n) is 12.1. The van der Waals surface area contributed by atoms with Crippen LogP contribution in [0, 0.1) is 6.42 Å². The van der Waals surface area contributed by atoms with Gasteiger partial charge in [0.2, 0.25) is 0 Å². The van der Waals surface area contributed by atoms with Crippen LogP contribution in [0.25, 0.3) is 0 Å². The minimum atomic E-state index is 0.767. The highest BCUT2D eigenvalue weighted by Gasteiger charge is 2.05. The molecule has 0 aliphatic rings. The van der Waals surface area contributed by atoms with Gasteiger partial charge >= 0.3 is 0 Å². The highest BCUT2D eigenvalue weighted by molar-refractivity contribution is 7.98. The van der Waals surface area contributed by atoms with Crippen molar-refractivity contribution < 1.29 is 0 Å². The van der Waals surface area contributed by atoms with Gasteiger partial charge in [-0.1, -0.05) is 72.3 Å². The van der Waals surface area contributed by atoms with Gasteiger partial charge in [-0.25, -0.2) is 0 Å². The second-order valence-corrected chi connectivity index (χ2v) is 6.46. The molecular formula is C20H16ClS. The lowest BCUT2D eigenvalue weighted by Gasteiger charge is -2.09. The molecule has 0 nitrogen and oxygen atoms in total. The van der Waals surface area contributed by atoms with Gasteiger partial charge in [0.15, 0.2) is 0 Å². The zero-order chi connectivity index (χ0) is 15.2. The first-order chi connectivity index (χ1) is 10.8. The third-order valence-electron chi connectivity index (χ3n) is 3.35. The molecule has 0 unspecified atom stereocenters. The van der Waals surface area contributed by atoms with Crippen LogP contribution in [-0.4, -0.2) is 0 Å². The van der Waals surface area contributed by atoms with Crippen LogP contribution in [0.4, 0.5) is 0 Å². The number of rotatable bonds is 5. The largest absolute Gasteiger partial charge is 0.121 e. The van der Waals surface area contributed by atoms with Gasteiger partial charge in [-0.05, 0) is 34.9 Å². The van der Waals surface area contributed by atoms with Crippen LogP contribution < -0.4 is 0 Å². The molecule has 2 heteroatoms. The van der Waals surface area contributed by atoms with E-state index < -0.39 is 0 Å². The molecule has 109 valence electrons. The van der Waals surface area contributed by atoms with Crippen molar-refractivity contribution in [1.29, 1.82) is 0 Å². The van der Waals surface area contributed by atoms with Gasteiger partial charge in [0.25, 0.3) is 0 Å². The number of benzene rings is 3. The van der Waals surface area contributed by atoms with Gasteiger partial charge in [0.1, 0.15) is 0 Å². The van der Waals surface area contributed by atoms with Gasteiger partial charge in [-0.2, -0.15) is 0 Å². The summed E-state index contributed by atoms with van der Waals surface area (Å²) in [6, 6.07) is 27.0. The van der Waals surface area contributed by atoms with E-state index in [1.807, 2.05) is 36.0 Å². The lowest BCUT2D eigenvalue weighted by Crippen LogP contribution is -1.89. The second-order valence-electron chi connectivity index (χ2n) is 5.01. The molecule has 0 aliphatic heterocycles. The summed E-state index contributed by atoms with van der Waals surface area (Å²) in [7, 11) is 0. The van der Waals surface area contributed by atoms with Crippen molar-refractivity contribution in [3.8, 4) is 0 Å². The number of thioether (sulfide) groups is 1. The quantitative estimate of drug-likeness (QED) is 0.501. The molecule has 22 heavy (non-hydrogen) atoms. The van der Waals surface area contributed by atoms with E-state index in [0.29, 0.717) is 0 Å². The summed E-state index contributed by atoms with van der Waals surface area (Å²) in [5, 5.41) is 0.767. The minimum Gasteiger partial charge on any atom is -0.121 e. The van der Waals surface area contributed by atoms with Crippen LogP contribution in [-0.2, 0) is 5.75 Å². The third-order valence-corrected chi connectivity index (χ3v) is 4.76. The van der Waals surface area contributed by atoms with Gasteiger partial charge in [0, 0.05) is 22.1 Å². The molecule has 0 saturated carbocycles. The molecule has 0 aliphatic carbocycles. The van der Waals surface area contributed by atoms with Crippen molar-refractivity contribution in [2.24, 2.45) is 0 Å². The number of hydrogen-bond donors (Lipinski definition) is 0. The fourth-order valence-corrected chi connectivity index (χ4v) is 3.31. The average Bonchev–Trinajstić information content (AvgIpc) is 2.57. The highest BCUT2D eigenvalue weighted by atomic mass is 35.5. The monoisotopic (exact) mass is 323 g/mol. The van der Waals surface area contributed by atoms with E-state index in [2.05, 4.69) is 61.0 Å². The Bertz CT molecular complexity index is 720. The summed E-state index contributed by atoms with van der Waals surface area (Å²) in [4.78, 5) is 1.29. The molecule has 0 saturated heterocycles. The Hall–Kier alpha value is -1.70. The summed E-state index contributed by atoms with van der Waals surface area (Å²) in [6.07, 6.45) is 2.20. The maximum atomic E-state index is 5.95. The van der Waals surface area contributed by atoms with Gasteiger partial charge in [-0.3, -0.25) is 0 Å². The van der Waals surface area contributed by atoms with Crippen LogP contribution in [0.5, 0.6) is 0 Å². The van der Waals surface area contributed by atoms with E-state index in [1.54, 1.807) is 0 Å². The maximum absolute atomic E-state index is 5.95. The van der Waals surface area contributed by atoms with E-state index in [4.69, 9.17) is 11.6 Å². The van der Waals surface area contributed by atoms with Crippen molar-refractivity contribution in [1.82, 2.24) is 0 Å². The van der Waals surface area contributed by atoms with Crippen LogP contribution in [0.15, 0.2) is 83.8 Å². The minimum absolute atomic E-state index is 0.767. The predicted octanol–water partition coefficient (Wildman–Crippen LogP) is 6.23. The predicted molar refractivity (Wildman–Crippen MR) is 96.4 cm³/mol. The Labute approximate surface area is 141 Å². The van der Waals surface area contributed by atoms with E-state index in [1.165, 1.54) is 16.0 Å². The first kappa shape index (κ1) is 15.2. The lowest BCUT2D eigenvalue weighted by atomic mass is 10.1. The van der Waals surface area contributed by atoms with Crippen LogP contribution in [0.1, 0.15) is 16.7 Å². The first-order valence-corrected chi connectivity index (χ1v) is 8.54. The summed E-state index contributed by atoms with van der Waals surface area (Å²) in [5.41, 5.74) is 3.75. The van der Waals surface area contributed by atoms with E-state index in [-0.39, 0.29) is 0 Å². The summed E-state index contributed by atoms with van der Waals surface area (Å²) in [5.74, 6) is 0.978. The topological polar surface area (TPSA) is 0 Å². The standard InChI is InChI=1S/C20H16ClS/c21-19-12-10-16(11-13-19)14-18-8-4-5-9-20(18)22-15-17-6-2-1-3-7-17/h1-14H,15H2. The summed E-state index contributed by atoms with van der Waals surface area (Å²) < 4.78 is 0. The zero-order valence-corrected chi connectivity index (χ0v) is 13.6. The van der Waals surface area contributed by atoms with Crippen molar-refractivity contribution >= 4 is 23.4 Å². The fourth-order valence-electron chi connectivity index (χ4n) is 2.21. The lowest BCUT2D eigenvalue weighted by molar-refractivity contribution is 1.30. The van der Waals surface area contributed by atoms with Crippen LogP contribution >= 0.6 is 23.4 Å². The molecule has 0 N–H and O–H groups in total. The number of hydrogen-bond acceptors (Lipinski definition) is 1. The maximum Gasteiger partial charge on any atom is 0.0406 e. The van der Waals surface area contributed by atoms with Crippen molar-refractivity contribution in [2.75, 3.05) is 0 Å². The first-order valence-electron chi connectivity index (χ1n) is 7.17. The molecule has 0 amide bonds. The molecule has 1 radical (unpaired) electrons. The highest BCUT2D eigenvalue weighted by Crippen LogP contribution is 2.29. The van der Waals surface area contributed by atoms with E-state index in [9.17, 15) is 0 Å². The summed E-state index contributed by atoms with van der Waals surface area (Å²) in [6.45, 7) is 0. The Kier molecular flexibility index (Phi) is 5.20. The molecule has 0 bridgehead atoms. The molecule has 0 heterocycles. The third kappa shape index (κ3) is 4.16. The molecule has 0 fully saturated rings. The summed E-state index contributed by atoms with van der Waals surface area (Å²) >= 11 is 7.81. The SMILES string of the molecule is Clc1ccc([CH]c2ccccc2SCc2ccccc2)cc1. The van der Waals surface area contributed by atoms with Crippen molar-refractivity contribution in [3.05, 3.63) is 107 Å². The van der Waals surface area contributed by atoms with Crippen LogP contribution in [0.3, 0.4) is 0 Å². The Morgan fingerprint density at radius 1 is 0.773 bits per heavy atom. The molecule has 0 atom stereocenters. The smallest absolute Gasteiger partial charge is 0.0406 e. The van der Waals surface area contributed by atoms with Gasteiger partial charge in [0.05, 0.1) is 0 Å². The van der Waals surface area contributed by atoms with Gasteiger partial charge < -0.3 is 0 Å². The van der Waals surface area contributed by atoms with Crippen molar-refractivity contribution in [3.63, 3.8) is 0 Å². The molecule has 3 aromatic rings. The Morgan fingerprint density at radius 2 is 1.45 bits per heavy atom. The van der Waals surface area contributed by atoms with E-state index in [0.717, 1.165) is 16.3 Å². The van der Waals surface area contributed by atoms with E-state index >= 15 is 0 Å². The van der Waals surface area contributed by atoms with Crippen LogP contribution in [0.2, 0.25) is 5.02 Å². The fraction of sp³-hybridized carbons (Fsp3) is 0.0500. The second kappa shape index (κ2) is 7.53. The van der Waals surface area contributed by atoms with Crippen molar-refractivity contribution in [2.45, 2.75) is 10.6 Å². The normalized spacial score (nSPS) is 10.6. The Morgan fingerprint density at radius 3 is 2.23 bits per heavy atom. The molecular weight excluding hydrogens is 308 g/mol. The molecule has 3 aromatic carbocycles. The Balaban J connectivity index is 1.73. The molecule has 0 spiro atoms. The van der Waals surface area contributed by atoms with Gasteiger partial charge in [-0.15, -0.1) is 11.8 Å². The molecule has 0 aromatic heterocycles. The number of halogens is 1. The molecule has 3 rings (SSSR count).